The largest absolute Gasteiger partial charge is 0.443 e. The molecule has 0 aliphatic heterocycles. The maximum absolute atomic E-state index is 13.1. The summed E-state index contributed by atoms with van der Waals surface area (Å²) in [5, 5.41) is 4.47. The highest BCUT2D eigenvalue weighted by Crippen LogP contribution is 2.34. The monoisotopic (exact) mass is 450 g/mol. The Morgan fingerprint density at radius 3 is 2.58 bits per heavy atom. The molecule has 0 radical (unpaired) electrons. The van der Waals surface area contributed by atoms with Gasteiger partial charge in [-0.15, -0.1) is 11.3 Å². The van der Waals surface area contributed by atoms with Crippen LogP contribution in [0.1, 0.15) is 63.9 Å². The Morgan fingerprint density at radius 2 is 2.00 bits per heavy atom. The summed E-state index contributed by atoms with van der Waals surface area (Å²) in [7, 11) is 0. The maximum Gasteiger partial charge on any atom is 0.428 e. The van der Waals surface area contributed by atoms with E-state index in [0.29, 0.717) is 28.2 Å². The topological polar surface area (TPSA) is 104 Å². The lowest BCUT2D eigenvalue weighted by atomic mass is 10.2. The molecule has 10 heteroatoms. The molecule has 2 heterocycles. The van der Waals surface area contributed by atoms with Gasteiger partial charge in [0.2, 0.25) is 0 Å². The quantitative estimate of drug-likeness (QED) is 0.515. The van der Waals surface area contributed by atoms with E-state index in [0.717, 1.165) is 18.4 Å². The molecule has 1 N–H and O–H groups in total. The van der Waals surface area contributed by atoms with Gasteiger partial charge in [-0.05, 0) is 59.9 Å². The number of amides is 1. The minimum absolute atomic E-state index is 0.0353. The van der Waals surface area contributed by atoms with Gasteiger partial charge in [-0.1, -0.05) is 0 Å². The van der Waals surface area contributed by atoms with Gasteiger partial charge in [0.1, 0.15) is 10.4 Å². The minimum atomic E-state index is -0.665. The molecule has 1 saturated carbocycles. The van der Waals surface area contributed by atoms with E-state index in [9.17, 15) is 14.4 Å². The van der Waals surface area contributed by atoms with Crippen molar-refractivity contribution in [2.24, 2.45) is 5.10 Å². The molecule has 9 nitrogen and oxygen atoms in total. The van der Waals surface area contributed by atoms with Gasteiger partial charge >= 0.3 is 11.8 Å². The molecule has 1 aliphatic carbocycles. The summed E-state index contributed by atoms with van der Waals surface area (Å²) in [5.74, 6) is 0. The van der Waals surface area contributed by atoms with Crippen molar-refractivity contribution in [1.82, 2.24) is 14.6 Å². The van der Waals surface area contributed by atoms with E-state index < -0.39 is 11.7 Å². The predicted octanol–water partition coefficient (Wildman–Crippen LogP) is 3.15. The van der Waals surface area contributed by atoms with Crippen LogP contribution in [0, 0.1) is 6.92 Å². The number of ether oxygens (including phenoxy) is 2. The van der Waals surface area contributed by atoms with Gasteiger partial charge in [-0.25, -0.2) is 15.0 Å². The van der Waals surface area contributed by atoms with Crippen LogP contribution in [0.15, 0.2) is 14.7 Å². The van der Waals surface area contributed by atoms with Crippen LogP contribution < -0.4 is 16.7 Å². The number of nitrogens with one attached hydrogen (secondary N) is 1. The van der Waals surface area contributed by atoms with E-state index in [1.807, 2.05) is 20.8 Å². The van der Waals surface area contributed by atoms with Crippen LogP contribution in [0.5, 0.6) is 0 Å². The van der Waals surface area contributed by atoms with E-state index >= 15 is 0 Å². The van der Waals surface area contributed by atoms with Gasteiger partial charge in [0.15, 0.2) is 0 Å². The zero-order chi connectivity index (χ0) is 22.9. The van der Waals surface area contributed by atoms with E-state index in [1.54, 1.807) is 25.3 Å². The Balaban J connectivity index is 1.98. The molecule has 3 rings (SSSR count). The molecule has 0 spiro atoms. The van der Waals surface area contributed by atoms with Crippen molar-refractivity contribution in [1.29, 1.82) is 0 Å². The lowest BCUT2D eigenvalue weighted by Gasteiger charge is -2.18. The van der Waals surface area contributed by atoms with Crippen molar-refractivity contribution in [2.75, 3.05) is 6.61 Å². The smallest absolute Gasteiger partial charge is 0.428 e. The summed E-state index contributed by atoms with van der Waals surface area (Å²) in [6.07, 6.45) is 2.53. The first kappa shape index (κ1) is 23.2. The number of carbonyl (C=O) groups is 1. The molecule has 0 atom stereocenters. The highest BCUT2D eigenvalue weighted by Gasteiger charge is 2.30. The Bertz CT molecular complexity index is 1120. The zero-order valence-corrected chi connectivity index (χ0v) is 19.7. The summed E-state index contributed by atoms with van der Waals surface area (Å²) < 4.78 is 13.8. The lowest BCUT2D eigenvalue weighted by Crippen LogP contribution is -2.40. The van der Waals surface area contributed by atoms with Gasteiger partial charge in [0.05, 0.1) is 35.7 Å². The molecule has 2 aromatic heterocycles. The third-order valence-corrected chi connectivity index (χ3v) is 5.94. The maximum atomic E-state index is 13.1. The number of aryl methyl sites for hydroxylation is 1. The van der Waals surface area contributed by atoms with E-state index in [1.165, 1.54) is 22.1 Å². The Kier molecular flexibility index (Phi) is 6.70. The van der Waals surface area contributed by atoms with Gasteiger partial charge < -0.3 is 9.47 Å². The van der Waals surface area contributed by atoms with Gasteiger partial charge in [-0.2, -0.15) is 5.10 Å². The van der Waals surface area contributed by atoms with E-state index in [-0.39, 0.29) is 23.4 Å². The fourth-order valence-electron chi connectivity index (χ4n) is 3.18. The molecule has 31 heavy (non-hydrogen) atoms. The first-order valence-electron chi connectivity index (χ1n) is 10.4. The molecule has 1 aliphatic rings. The van der Waals surface area contributed by atoms with Crippen LogP contribution in [0.2, 0.25) is 0 Å². The van der Waals surface area contributed by atoms with E-state index in [4.69, 9.17) is 9.47 Å². The van der Waals surface area contributed by atoms with Crippen molar-refractivity contribution in [3.63, 3.8) is 0 Å². The number of fused-ring (bicyclic) bond motifs is 1. The number of hydrazone groups is 1. The van der Waals surface area contributed by atoms with Crippen LogP contribution in [-0.2, 0) is 16.0 Å². The molecule has 1 amide bonds. The summed E-state index contributed by atoms with van der Waals surface area (Å²) >= 11 is 1.30. The Morgan fingerprint density at radius 1 is 1.32 bits per heavy atom. The van der Waals surface area contributed by atoms with Crippen molar-refractivity contribution < 1.29 is 14.3 Å². The molecule has 0 unspecified atom stereocenters. The van der Waals surface area contributed by atoms with Crippen molar-refractivity contribution >= 4 is 33.9 Å². The van der Waals surface area contributed by atoms with Gasteiger partial charge in [0.25, 0.3) is 5.56 Å². The van der Waals surface area contributed by atoms with Gasteiger partial charge in [0, 0.05) is 6.04 Å². The van der Waals surface area contributed by atoms with Crippen LogP contribution in [0.3, 0.4) is 0 Å². The standard InChI is InChI=1S/C21H30N4O5S/c1-12(2)29-10-9-24-18-16(17(26)25(20(24)28)14-7-8-14)13(3)15(31-18)11-22-23-19(27)30-21(4,5)6/h11-12,14H,7-10H2,1-6H3,(H,23,27). The number of aromatic nitrogens is 2. The van der Waals surface area contributed by atoms with Crippen molar-refractivity contribution in [2.45, 2.75) is 78.7 Å². The summed E-state index contributed by atoms with van der Waals surface area (Å²) in [6.45, 7) is 11.7. The Hall–Kier alpha value is -2.46. The average molecular weight is 451 g/mol. The van der Waals surface area contributed by atoms with Crippen LogP contribution in [-0.4, -0.2) is 39.8 Å². The fraction of sp³-hybridized carbons (Fsp3) is 0.619. The lowest BCUT2D eigenvalue weighted by molar-refractivity contribution is 0.0529. The SMILES string of the molecule is Cc1c(C=NNC(=O)OC(C)(C)C)sc2c1c(=O)n(C1CC1)c(=O)n2CCOC(C)C. The van der Waals surface area contributed by atoms with Crippen LogP contribution in [0.4, 0.5) is 4.79 Å². The first-order chi connectivity index (χ1) is 14.5. The Labute approximate surface area is 184 Å². The number of nitrogens with zero attached hydrogens (tertiary/aromatic N) is 3. The first-order valence-corrected chi connectivity index (χ1v) is 11.2. The summed E-state index contributed by atoms with van der Waals surface area (Å²) in [6, 6.07) is -0.0353. The number of rotatable bonds is 7. The number of hydrogen-bond acceptors (Lipinski definition) is 7. The molecule has 170 valence electrons. The second kappa shape index (κ2) is 8.96. The number of thiophene rings is 1. The average Bonchev–Trinajstić information content (AvgIpc) is 3.40. The van der Waals surface area contributed by atoms with Gasteiger partial charge in [-0.3, -0.25) is 13.9 Å². The normalized spacial score (nSPS) is 14.7. The summed E-state index contributed by atoms with van der Waals surface area (Å²) in [5.41, 5.74) is 1.86. The minimum Gasteiger partial charge on any atom is -0.443 e. The highest BCUT2D eigenvalue weighted by atomic mass is 32.1. The molecule has 0 aromatic carbocycles. The third-order valence-electron chi connectivity index (χ3n) is 4.69. The van der Waals surface area contributed by atoms with Crippen LogP contribution >= 0.6 is 11.3 Å². The molecule has 0 saturated heterocycles. The zero-order valence-electron chi connectivity index (χ0n) is 18.9. The predicted molar refractivity (Wildman–Crippen MR) is 121 cm³/mol. The molecular formula is C21H30N4O5S. The van der Waals surface area contributed by atoms with E-state index in [2.05, 4.69) is 10.5 Å². The second-order valence-corrected chi connectivity index (χ2v) is 9.93. The highest BCUT2D eigenvalue weighted by molar-refractivity contribution is 7.20. The molecule has 0 bridgehead atoms. The second-order valence-electron chi connectivity index (χ2n) is 8.90. The fourth-order valence-corrected chi connectivity index (χ4v) is 4.37. The van der Waals surface area contributed by atoms with Crippen LogP contribution in [0.25, 0.3) is 10.2 Å². The molecular weight excluding hydrogens is 420 g/mol. The van der Waals surface area contributed by atoms with Crippen molar-refractivity contribution in [3.8, 4) is 0 Å². The summed E-state index contributed by atoms with van der Waals surface area (Å²) in [4.78, 5) is 39.3. The van der Waals surface area contributed by atoms with Crippen molar-refractivity contribution in [3.05, 3.63) is 31.3 Å². The molecule has 2 aromatic rings. The molecule has 1 fully saturated rings. The number of carbonyl (C=O) groups excluding carboxylic acids is 1. The third kappa shape index (κ3) is 5.43. The number of hydrogen-bond donors (Lipinski definition) is 1.